The summed E-state index contributed by atoms with van der Waals surface area (Å²) in [5.74, 6) is 0.313. The Balaban J connectivity index is 2.09. The molecule has 0 aliphatic heterocycles. The van der Waals surface area contributed by atoms with Crippen LogP contribution in [0.5, 0.6) is 5.75 Å². The van der Waals surface area contributed by atoms with Gasteiger partial charge in [0.1, 0.15) is 5.75 Å². The van der Waals surface area contributed by atoms with Crippen molar-refractivity contribution in [3.8, 4) is 5.75 Å². The van der Waals surface area contributed by atoms with E-state index in [0.717, 1.165) is 21.3 Å². The van der Waals surface area contributed by atoms with Crippen molar-refractivity contribution in [1.82, 2.24) is 0 Å². The minimum atomic E-state index is 0.313. The molecule has 0 fully saturated rings. The number of rotatable bonds is 3. The van der Waals surface area contributed by atoms with Crippen molar-refractivity contribution in [2.75, 3.05) is 5.32 Å². The molecule has 2 nitrogen and oxygen atoms in total. The lowest BCUT2D eigenvalue weighted by Gasteiger charge is -2.10. The minimum absolute atomic E-state index is 0.313. The number of aromatic hydroxyl groups is 1. The Morgan fingerprint density at radius 3 is 2.67 bits per heavy atom. The van der Waals surface area contributed by atoms with Crippen LogP contribution in [-0.2, 0) is 6.54 Å². The molecule has 0 heterocycles. The van der Waals surface area contributed by atoms with Gasteiger partial charge in [-0.1, -0.05) is 33.6 Å². The van der Waals surface area contributed by atoms with Gasteiger partial charge < -0.3 is 10.4 Å². The summed E-state index contributed by atoms with van der Waals surface area (Å²) in [7, 11) is 0. The largest absolute Gasteiger partial charge is 0.508 e. The summed E-state index contributed by atoms with van der Waals surface area (Å²) in [5, 5.41) is 13.5. The van der Waals surface area contributed by atoms with Crippen LogP contribution in [0.3, 0.4) is 0 Å². The zero-order valence-electron chi connectivity index (χ0n) is 9.87. The Labute approximate surface area is 120 Å². The molecule has 18 heavy (non-hydrogen) atoms. The van der Waals surface area contributed by atoms with Crippen molar-refractivity contribution < 1.29 is 5.11 Å². The van der Waals surface area contributed by atoms with Crippen LogP contribution >= 0.6 is 27.5 Å². The predicted octanol–water partition coefficient (Wildman–Crippen LogP) is 4.73. The molecule has 0 radical (unpaired) electrons. The van der Waals surface area contributed by atoms with Gasteiger partial charge in [-0.05, 0) is 48.4 Å². The SMILES string of the molecule is Cc1cc(NCc2ccc(Cl)cc2Br)ccc1O. The second-order valence-electron chi connectivity index (χ2n) is 4.09. The summed E-state index contributed by atoms with van der Waals surface area (Å²) in [6, 6.07) is 11.2. The van der Waals surface area contributed by atoms with Crippen LogP contribution in [0.4, 0.5) is 5.69 Å². The first-order valence-corrected chi connectivity index (χ1v) is 6.71. The highest BCUT2D eigenvalue weighted by atomic mass is 79.9. The molecule has 0 unspecified atom stereocenters. The fourth-order valence-electron chi connectivity index (χ4n) is 1.63. The van der Waals surface area contributed by atoms with Gasteiger partial charge >= 0.3 is 0 Å². The third-order valence-corrected chi connectivity index (χ3v) is 3.67. The van der Waals surface area contributed by atoms with E-state index in [1.54, 1.807) is 6.07 Å². The van der Waals surface area contributed by atoms with E-state index in [-0.39, 0.29) is 0 Å². The van der Waals surface area contributed by atoms with E-state index in [1.165, 1.54) is 0 Å². The van der Waals surface area contributed by atoms with Crippen molar-refractivity contribution in [3.05, 3.63) is 57.0 Å². The third-order valence-electron chi connectivity index (χ3n) is 2.69. The number of hydrogen-bond acceptors (Lipinski definition) is 2. The maximum Gasteiger partial charge on any atom is 0.118 e. The zero-order valence-corrected chi connectivity index (χ0v) is 12.2. The van der Waals surface area contributed by atoms with E-state index in [0.29, 0.717) is 17.3 Å². The fourth-order valence-corrected chi connectivity index (χ4v) is 2.45. The normalized spacial score (nSPS) is 10.4. The summed E-state index contributed by atoms with van der Waals surface area (Å²) in [6.45, 7) is 2.57. The first kappa shape index (κ1) is 13.2. The highest BCUT2D eigenvalue weighted by Crippen LogP contribution is 2.24. The monoisotopic (exact) mass is 325 g/mol. The Hall–Kier alpha value is -1.19. The number of halogens is 2. The zero-order chi connectivity index (χ0) is 13.1. The van der Waals surface area contributed by atoms with Gasteiger partial charge in [0.2, 0.25) is 0 Å². The molecule has 0 amide bonds. The number of phenolic OH excluding ortho intramolecular Hbond substituents is 1. The van der Waals surface area contributed by atoms with E-state index in [4.69, 9.17) is 11.6 Å². The Morgan fingerprint density at radius 1 is 1.22 bits per heavy atom. The quantitative estimate of drug-likeness (QED) is 0.799. The molecule has 2 rings (SSSR count). The van der Waals surface area contributed by atoms with Gasteiger partial charge in [-0.2, -0.15) is 0 Å². The molecule has 4 heteroatoms. The lowest BCUT2D eigenvalue weighted by molar-refractivity contribution is 0.471. The maximum atomic E-state index is 9.45. The van der Waals surface area contributed by atoms with Crippen molar-refractivity contribution in [1.29, 1.82) is 0 Å². The number of nitrogens with one attached hydrogen (secondary N) is 1. The molecule has 0 saturated heterocycles. The van der Waals surface area contributed by atoms with Crippen LogP contribution in [-0.4, -0.2) is 5.11 Å². The lowest BCUT2D eigenvalue weighted by Crippen LogP contribution is -2.00. The van der Waals surface area contributed by atoms with Gasteiger partial charge in [-0.15, -0.1) is 0 Å². The van der Waals surface area contributed by atoms with Gasteiger partial charge in [0.25, 0.3) is 0 Å². The molecule has 2 N–H and O–H groups in total. The average Bonchev–Trinajstić information content (AvgIpc) is 2.32. The van der Waals surface area contributed by atoms with Gasteiger partial charge in [-0.25, -0.2) is 0 Å². The number of hydrogen-bond donors (Lipinski definition) is 2. The summed E-state index contributed by atoms with van der Waals surface area (Å²) < 4.78 is 0.984. The molecule has 94 valence electrons. The summed E-state index contributed by atoms with van der Waals surface area (Å²) in [4.78, 5) is 0. The second kappa shape index (κ2) is 5.63. The fraction of sp³-hybridized carbons (Fsp3) is 0.143. The van der Waals surface area contributed by atoms with E-state index >= 15 is 0 Å². The molecule has 0 bridgehead atoms. The smallest absolute Gasteiger partial charge is 0.118 e. The Bertz CT molecular complexity index is 572. The summed E-state index contributed by atoms with van der Waals surface area (Å²) in [6.07, 6.45) is 0. The third kappa shape index (κ3) is 3.18. The maximum absolute atomic E-state index is 9.45. The predicted molar refractivity (Wildman–Crippen MR) is 79.3 cm³/mol. The molecule has 0 aromatic heterocycles. The van der Waals surface area contributed by atoms with E-state index < -0.39 is 0 Å². The van der Waals surface area contributed by atoms with Crippen LogP contribution in [0.1, 0.15) is 11.1 Å². The highest BCUT2D eigenvalue weighted by Gasteiger charge is 2.02. The molecule has 0 spiro atoms. The van der Waals surface area contributed by atoms with Gasteiger partial charge in [0, 0.05) is 21.7 Å². The number of aryl methyl sites for hydroxylation is 1. The number of phenols is 1. The Kier molecular flexibility index (Phi) is 4.15. The average molecular weight is 327 g/mol. The van der Waals surface area contributed by atoms with E-state index in [2.05, 4.69) is 21.2 Å². The number of anilines is 1. The topological polar surface area (TPSA) is 32.3 Å². The summed E-state index contributed by atoms with van der Waals surface area (Å²) in [5.41, 5.74) is 2.97. The van der Waals surface area contributed by atoms with E-state index in [1.807, 2.05) is 37.3 Å². The number of benzene rings is 2. The van der Waals surface area contributed by atoms with Gasteiger partial charge in [0.15, 0.2) is 0 Å². The molecule has 0 atom stereocenters. The van der Waals surface area contributed by atoms with Crippen molar-refractivity contribution in [3.63, 3.8) is 0 Å². The molecule has 0 aliphatic carbocycles. The van der Waals surface area contributed by atoms with Crippen LogP contribution < -0.4 is 5.32 Å². The molecule has 0 aliphatic rings. The van der Waals surface area contributed by atoms with Crippen LogP contribution in [0.25, 0.3) is 0 Å². The lowest BCUT2D eigenvalue weighted by atomic mass is 10.2. The highest BCUT2D eigenvalue weighted by molar-refractivity contribution is 9.10. The first-order chi connectivity index (χ1) is 8.56. The second-order valence-corrected chi connectivity index (χ2v) is 5.38. The standard InChI is InChI=1S/C14H13BrClNO/c1-9-6-12(4-5-14(9)18)17-8-10-2-3-11(16)7-13(10)15/h2-7,17-18H,8H2,1H3. The van der Waals surface area contributed by atoms with E-state index in [9.17, 15) is 5.11 Å². The molecular formula is C14H13BrClNO. The molecule has 2 aromatic carbocycles. The first-order valence-electron chi connectivity index (χ1n) is 5.53. The Morgan fingerprint density at radius 2 is 2.00 bits per heavy atom. The molecular weight excluding hydrogens is 314 g/mol. The van der Waals surface area contributed by atoms with Crippen molar-refractivity contribution in [2.45, 2.75) is 13.5 Å². The van der Waals surface area contributed by atoms with Crippen molar-refractivity contribution >= 4 is 33.2 Å². The van der Waals surface area contributed by atoms with Gasteiger partial charge in [0.05, 0.1) is 0 Å². The minimum Gasteiger partial charge on any atom is -0.508 e. The molecule has 2 aromatic rings. The van der Waals surface area contributed by atoms with Crippen LogP contribution in [0.15, 0.2) is 40.9 Å². The van der Waals surface area contributed by atoms with Crippen LogP contribution in [0.2, 0.25) is 5.02 Å². The van der Waals surface area contributed by atoms with Crippen molar-refractivity contribution in [2.24, 2.45) is 0 Å². The van der Waals surface area contributed by atoms with Gasteiger partial charge in [-0.3, -0.25) is 0 Å². The van der Waals surface area contributed by atoms with Crippen LogP contribution in [0, 0.1) is 6.92 Å². The molecule has 0 saturated carbocycles. The summed E-state index contributed by atoms with van der Waals surface area (Å²) >= 11 is 9.38.